The summed E-state index contributed by atoms with van der Waals surface area (Å²) in [5, 5.41) is 2.93. The fourth-order valence-corrected chi connectivity index (χ4v) is 3.42. The molecule has 0 unspecified atom stereocenters. The van der Waals surface area contributed by atoms with Crippen LogP contribution in [0.25, 0.3) is 0 Å². The normalized spacial score (nSPS) is 14.6. The van der Waals surface area contributed by atoms with Crippen LogP contribution in [0.3, 0.4) is 0 Å². The van der Waals surface area contributed by atoms with E-state index < -0.39 is 0 Å². The number of carbonyl (C=O) groups is 1. The van der Waals surface area contributed by atoms with E-state index in [1.54, 1.807) is 26.5 Å². The highest BCUT2D eigenvalue weighted by molar-refractivity contribution is 5.92. The van der Waals surface area contributed by atoms with Crippen molar-refractivity contribution in [3.8, 4) is 11.5 Å². The maximum absolute atomic E-state index is 12.4. The Balaban J connectivity index is 1.51. The lowest BCUT2D eigenvalue weighted by molar-refractivity contribution is 0.0949. The second-order valence-electron chi connectivity index (χ2n) is 7.27. The Kier molecular flexibility index (Phi) is 6.74. The number of ether oxygens (including phenoxy) is 2. The number of pyridine rings is 1. The average Bonchev–Trinajstić information content (AvgIpc) is 2.74. The van der Waals surface area contributed by atoms with E-state index in [-0.39, 0.29) is 5.91 Å². The summed E-state index contributed by atoms with van der Waals surface area (Å²) in [4.78, 5) is 19.1. The Morgan fingerprint density at radius 1 is 1.14 bits per heavy atom. The van der Waals surface area contributed by atoms with Crippen LogP contribution in [0.5, 0.6) is 11.5 Å². The van der Waals surface area contributed by atoms with Crippen LogP contribution in [0.15, 0.2) is 36.5 Å². The van der Waals surface area contributed by atoms with Crippen molar-refractivity contribution < 1.29 is 14.3 Å². The highest BCUT2D eigenvalue weighted by atomic mass is 16.5. The van der Waals surface area contributed by atoms with Gasteiger partial charge >= 0.3 is 0 Å². The van der Waals surface area contributed by atoms with E-state index >= 15 is 0 Å². The van der Waals surface area contributed by atoms with E-state index in [4.69, 9.17) is 9.47 Å². The topological polar surface area (TPSA) is 63.7 Å². The van der Waals surface area contributed by atoms with Crippen molar-refractivity contribution in [2.75, 3.05) is 38.8 Å². The van der Waals surface area contributed by atoms with Crippen molar-refractivity contribution in [3.63, 3.8) is 0 Å². The molecule has 2 heterocycles. The zero-order valence-electron chi connectivity index (χ0n) is 16.9. The van der Waals surface area contributed by atoms with E-state index in [0.29, 0.717) is 30.2 Å². The van der Waals surface area contributed by atoms with E-state index in [0.717, 1.165) is 30.3 Å². The number of hydrogen-bond donors (Lipinski definition) is 1. The number of carbonyl (C=O) groups excluding carboxylic acids is 1. The molecule has 0 spiro atoms. The Hall–Kier alpha value is -2.76. The zero-order chi connectivity index (χ0) is 19.9. The van der Waals surface area contributed by atoms with Gasteiger partial charge < -0.3 is 19.7 Å². The largest absolute Gasteiger partial charge is 0.493 e. The molecule has 1 saturated heterocycles. The summed E-state index contributed by atoms with van der Waals surface area (Å²) in [5.41, 5.74) is 2.61. The molecule has 1 N–H and O–H groups in total. The standard InChI is InChI=1S/C22H29N3O3/c1-16-9-12-25(13-10-16)18-5-6-19(24-15-18)22(26)23-11-8-17-4-7-20(27-2)21(14-17)28-3/h4-7,14-16H,8-13H2,1-3H3,(H,23,26). The van der Waals surface area contributed by atoms with Gasteiger partial charge in [-0.25, -0.2) is 4.98 Å². The lowest BCUT2D eigenvalue weighted by atomic mass is 9.99. The number of piperidine rings is 1. The number of nitrogens with one attached hydrogen (secondary N) is 1. The molecule has 0 atom stereocenters. The Labute approximate surface area is 166 Å². The first-order valence-electron chi connectivity index (χ1n) is 9.81. The van der Waals surface area contributed by atoms with Gasteiger partial charge in [0.1, 0.15) is 5.69 Å². The fourth-order valence-electron chi connectivity index (χ4n) is 3.42. The third-order valence-corrected chi connectivity index (χ3v) is 5.28. The summed E-state index contributed by atoms with van der Waals surface area (Å²) in [6, 6.07) is 9.57. The minimum atomic E-state index is -0.153. The Bertz CT molecular complexity index is 784. The molecule has 2 aromatic rings. The number of hydrogen-bond acceptors (Lipinski definition) is 5. The molecule has 0 aliphatic carbocycles. The van der Waals surface area contributed by atoms with Crippen LogP contribution in [0.2, 0.25) is 0 Å². The molecule has 1 aliphatic rings. The molecule has 1 amide bonds. The molecule has 1 fully saturated rings. The van der Waals surface area contributed by atoms with E-state index in [1.165, 1.54) is 12.8 Å². The van der Waals surface area contributed by atoms with Gasteiger partial charge in [0.2, 0.25) is 0 Å². The van der Waals surface area contributed by atoms with Crippen LogP contribution in [0.4, 0.5) is 5.69 Å². The quantitative estimate of drug-likeness (QED) is 0.795. The van der Waals surface area contributed by atoms with E-state index in [9.17, 15) is 4.79 Å². The molecule has 3 rings (SSSR count). The number of amides is 1. The minimum Gasteiger partial charge on any atom is -0.493 e. The number of methoxy groups -OCH3 is 2. The van der Waals surface area contributed by atoms with E-state index in [2.05, 4.69) is 22.1 Å². The van der Waals surface area contributed by atoms with Crippen LogP contribution in [0, 0.1) is 5.92 Å². The molecule has 150 valence electrons. The zero-order valence-corrected chi connectivity index (χ0v) is 16.9. The monoisotopic (exact) mass is 383 g/mol. The number of aromatic nitrogens is 1. The summed E-state index contributed by atoms with van der Waals surface area (Å²) < 4.78 is 10.6. The van der Waals surface area contributed by atoms with Gasteiger partial charge in [-0.3, -0.25) is 4.79 Å². The molecule has 0 saturated carbocycles. The van der Waals surface area contributed by atoms with Gasteiger partial charge in [-0.15, -0.1) is 0 Å². The summed E-state index contributed by atoms with van der Waals surface area (Å²) in [6.45, 7) is 4.94. The summed E-state index contributed by atoms with van der Waals surface area (Å²) >= 11 is 0. The number of rotatable bonds is 7. The maximum Gasteiger partial charge on any atom is 0.269 e. The van der Waals surface area contributed by atoms with Gasteiger partial charge in [0, 0.05) is 19.6 Å². The molecular weight excluding hydrogens is 354 g/mol. The first-order valence-corrected chi connectivity index (χ1v) is 9.81. The van der Waals surface area contributed by atoms with Crippen molar-refractivity contribution in [1.82, 2.24) is 10.3 Å². The van der Waals surface area contributed by atoms with Gasteiger partial charge in [-0.2, -0.15) is 0 Å². The molecule has 6 nitrogen and oxygen atoms in total. The Morgan fingerprint density at radius 2 is 1.89 bits per heavy atom. The van der Waals surface area contributed by atoms with Crippen LogP contribution < -0.4 is 19.7 Å². The first kappa shape index (κ1) is 20.0. The van der Waals surface area contributed by atoms with Gasteiger partial charge in [0.15, 0.2) is 11.5 Å². The van der Waals surface area contributed by atoms with Crippen molar-refractivity contribution >= 4 is 11.6 Å². The molecular formula is C22H29N3O3. The number of nitrogens with zero attached hydrogens (tertiary/aromatic N) is 2. The second-order valence-corrected chi connectivity index (χ2v) is 7.27. The molecule has 6 heteroatoms. The van der Waals surface area contributed by atoms with Crippen LogP contribution >= 0.6 is 0 Å². The highest BCUT2D eigenvalue weighted by Crippen LogP contribution is 2.27. The smallest absolute Gasteiger partial charge is 0.269 e. The lowest BCUT2D eigenvalue weighted by Crippen LogP contribution is -2.33. The van der Waals surface area contributed by atoms with Gasteiger partial charge in [-0.1, -0.05) is 13.0 Å². The summed E-state index contributed by atoms with van der Waals surface area (Å²) in [7, 11) is 3.23. The Morgan fingerprint density at radius 3 is 2.54 bits per heavy atom. The highest BCUT2D eigenvalue weighted by Gasteiger charge is 2.17. The van der Waals surface area contributed by atoms with Gasteiger partial charge in [0.05, 0.1) is 26.1 Å². The number of anilines is 1. The molecule has 1 aliphatic heterocycles. The van der Waals surface area contributed by atoms with Crippen LogP contribution in [-0.2, 0) is 6.42 Å². The third kappa shape index (κ3) is 4.94. The number of benzene rings is 1. The van der Waals surface area contributed by atoms with Crippen molar-refractivity contribution in [2.24, 2.45) is 5.92 Å². The SMILES string of the molecule is COc1ccc(CCNC(=O)c2ccc(N3CCC(C)CC3)cn2)cc1OC. The predicted molar refractivity (Wildman–Crippen MR) is 110 cm³/mol. The maximum atomic E-state index is 12.4. The second kappa shape index (κ2) is 9.44. The minimum absolute atomic E-state index is 0.153. The molecule has 0 bridgehead atoms. The lowest BCUT2D eigenvalue weighted by Gasteiger charge is -2.31. The van der Waals surface area contributed by atoms with Gasteiger partial charge in [0.25, 0.3) is 5.91 Å². The molecule has 1 aromatic heterocycles. The first-order chi connectivity index (χ1) is 13.6. The fraction of sp³-hybridized carbons (Fsp3) is 0.455. The molecule has 1 aromatic carbocycles. The van der Waals surface area contributed by atoms with Crippen LogP contribution in [-0.4, -0.2) is 44.7 Å². The summed E-state index contributed by atoms with van der Waals surface area (Å²) in [6.07, 6.45) is 4.92. The van der Waals surface area contributed by atoms with Crippen molar-refractivity contribution in [2.45, 2.75) is 26.2 Å². The van der Waals surface area contributed by atoms with Crippen LogP contribution in [0.1, 0.15) is 35.8 Å². The third-order valence-electron chi connectivity index (χ3n) is 5.28. The molecule has 28 heavy (non-hydrogen) atoms. The average molecular weight is 383 g/mol. The predicted octanol–water partition coefficient (Wildman–Crippen LogP) is 3.31. The van der Waals surface area contributed by atoms with Gasteiger partial charge in [-0.05, 0) is 55.0 Å². The summed E-state index contributed by atoms with van der Waals surface area (Å²) in [5.74, 6) is 2.03. The van der Waals surface area contributed by atoms with Crippen molar-refractivity contribution in [1.29, 1.82) is 0 Å². The van der Waals surface area contributed by atoms with E-state index in [1.807, 2.05) is 24.3 Å². The molecule has 0 radical (unpaired) electrons. The van der Waals surface area contributed by atoms with Crippen molar-refractivity contribution in [3.05, 3.63) is 47.8 Å².